The molecule has 0 N–H and O–H groups in total. The number of carbonyl (C=O) groups excluding carboxylic acids is 1. The molecule has 0 bridgehead atoms. The molecule has 1 amide bonds. The largest absolute Gasteiger partial charge is 0.342 e. The molecular weight excluding hydrogens is 304 g/mol. The summed E-state index contributed by atoms with van der Waals surface area (Å²) in [6.07, 6.45) is 3.86. The predicted octanol–water partition coefficient (Wildman–Crippen LogP) is 4.10. The third-order valence-corrected chi connectivity index (χ3v) is 5.52. The van der Waals surface area contributed by atoms with Crippen LogP contribution in [-0.4, -0.2) is 28.9 Å². The van der Waals surface area contributed by atoms with Gasteiger partial charge in [0.1, 0.15) is 5.01 Å². The number of hydrogen-bond donors (Lipinski definition) is 0. The van der Waals surface area contributed by atoms with Crippen LogP contribution >= 0.6 is 22.9 Å². The van der Waals surface area contributed by atoms with Crippen LogP contribution in [0.25, 0.3) is 0 Å². The summed E-state index contributed by atoms with van der Waals surface area (Å²) in [5.74, 6) is 1.33. The quantitative estimate of drug-likeness (QED) is 0.783. The molecule has 1 fully saturated rings. The van der Waals surface area contributed by atoms with Gasteiger partial charge >= 0.3 is 0 Å². The third-order valence-electron chi connectivity index (χ3n) is 4.34. The number of likely N-dealkylation sites (tertiary alicyclic amines) is 1. The van der Waals surface area contributed by atoms with Gasteiger partial charge < -0.3 is 4.90 Å². The molecule has 0 aromatic carbocycles. The standard InChI is InChI=1S/C16H25ClN2OS/c1-16(2,3)12-5-4-7-19(8-6-12)15(20)9-14-18-13(10-17)11-21-14/h11-12H,4-10H2,1-3H3. The average Bonchev–Trinajstić information content (AvgIpc) is 2.71. The number of rotatable bonds is 3. The summed E-state index contributed by atoms with van der Waals surface area (Å²) >= 11 is 7.29. The SMILES string of the molecule is CC(C)(C)C1CCCN(C(=O)Cc2nc(CCl)cs2)CC1. The fourth-order valence-corrected chi connectivity index (χ4v) is 3.96. The van der Waals surface area contributed by atoms with E-state index < -0.39 is 0 Å². The number of alkyl halides is 1. The summed E-state index contributed by atoms with van der Waals surface area (Å²) in [4.78, 5) is 18.8. The van der Waals surface area contributed by atoms with Crippen molar-refractivity contribution in [2.75, 3.05) is 13.1 Å². The lowest BCUT2D eigenvalue weighted by molar-refractivity contribution is -0.130. The normalized spacial score (nSPS) is 20.4. The number of nitrogens with zero attached hydrogens (tertiary/aromatic N) is 2. The number of hydrogen-bond acceptors (Lipinski definition) is 3. The van der Waals surface area contributed by atoms with Gasteiger partial charge in [-0.15, -0.1) is 22.9 Å². The number of carbonyl (C=O) groups is 1. The Kier molecular flexibility index (Phi) is 5.67. The zero-order chi connectivity index (χ0) is 15.5. The summed E-state index contributed by atoms with van der Waals surface area (Å²) in [6.45, 7) is 8.68. The van der Waals surface area contributed by atoms with Gasteiger partial charge in [-0.1, -0.05) is 20.8 Å². The van der Waals surface area contributed by atoms with E-state index in [4.69, 9.17) is 11.6 Å². The molecule has 1 unspecified atom stereocenters. The minimum absolute atomic E-state index is 0.208. The highest BCUT2D eigenvalue weighted by atomic mass is 35.5. The van der Waals surface area contributed by atoms with E-state index in [-0.39, 0.29) is 5.91 Å². The van der Waals surface area contributed by atoms with Crippen LogP contribution in [0.2, 0.25) is 0 Å². The first-order valence-electron chi connectivity index (χ1n) is 7.67. The molecule has 2 heterocycles. The first-order valence-corrected chi connectivity index (χ1v) is 9.08. The van der Waals surface area contributed by atoms with Crippen LogP contribution in [0.3, 0.4) is 0 Å². The smallest absolute Gasteiger partial charge is 0.229 e. The zero-order valence-electron chi connectivity index (χ0n) is 13.2. The molecule has 1 saturated heterocycles. The fraction of sp³-hybridized carbons (Fsp3) is 0.750. The summed E-state index contributed by atoms with van der Waals surface area (Å²) in [5, 5.41) is 2.82. The van der Waals surface area contributed by atoms with E-state index in [1.165, 1.54) is 17.8 Å². The van der Waals surface area contributed by atoms with Crippen molar-refractivity contribution in [1.82, 2.24) is 9.88 Å². The van der Waals surface area contributed by atoms with E-state index in [0.29, 0.717) is 23.6 Å². The maximum absolute atomic E-state index is 12.4. The number of thiazole rings is 1. The number of amides is 1. The van der Waals surface area contributed by atoms with Crippen molar-refractivity contribution in [1.29, 1.82) is 0 Å². The molecule has 2 rings (SSSR count). The Labute approximate surface area is 136 Å². The van der Waals surface area contributed by atoms with Gasteiger partial charge in [0.15, 0.2) is 0 Å². The summed E-state index contributed by atoms with van der Waals surface area (Å²) < 4.78 is 0. The molecule has 1 aromatic rings. The lowest BCUT2D eigenvalue weighted by atomic mass is 9.77. The maximum Gasteiger partial charge on any atom is 0.229 e. The van der Waals surface area contributed by atoms with E-state index in [1.807, 2.05) is 10.3 Å². The van der Waals surface area contributed by atoms with E-state index >= 15 is 0 Å². The first-order chi connectivity index (χ1) is 9.90. The Morgan fingerprint density at radius 2 is 2.19 bits per heavy atom. The molecule has 3 nitrogen and oxygen atoms in total. The second kappa shape index (κ2) is 7.10. The van der Waals surface area contributed by atoms with Crippen molar-refractivity contribution in [3.63, 3.8) is 0 Å². The van der Waals surface area contributed by atoms with Gasteiger partial charge in [-0.05, 0) is 30.6 Å². The van der Waals surface area contributed by atoms with Gasteiger partial charge in [0, 0.05) is 18.5 Å². The lowest BCUT2D eigenvalue weighted by Crippen LogP contribution is -2.33. The Hall–Kier alpha value is -0.610. The summed E-state index contributed by atoms with van der Waals surface area (Å²) in [5.41, 5.74) is 1.21. The van der Waals surface area contributed by atoms with Crippen LogP contribution in [-0.2, 0) is 17.1 Å². The molecular formula is C16H25ClN2OS. The second-order valence-corrected chi connectivity index (χ2v) is 8.13. The summed E-state index contributed by atoms with van der Waals surface area (Å²) in [6, 6.07) is 0. The molecule has 1 atom stereocenters. The Morgan fingerprint density at radius 1 is 1.43 bits per heavy atom. The van der Waals surface area contributed by atoms with E-state index in [0.717, 1.165) is 36.6 Å². The fourth-order valence-electron chi connectivity index (χ4n) is 2.94. The predicted molar refractivity (Wildman–Crippen MR) is 88.8 cm³/mol. The van der Waals surface area contributed by atoms with Crippen LogP contribution in [0.1, 0.15) is 50.7 Å². The van der Waals surface area contributed by atoms with Gasteiger partial charge in [-0.25, -0.2) is 4.98 Å². The molecule has 1 aliphatic rings. The molecule has 5 heteroatoms. The van der Waals surface area contributed by atoms with E-state index in [1.54, 1.807) is 0 Å². The lowest BCUT2D eigenvalue weighted by Gasteiger charge is -2.29. The third kappa shape index (κ3) is 4.68. The molecule has 0 aliphatic carbocycles. The highest BCUT2D eigenvalue weighted by Crippen LogP contribution is 2.34. The van der Waals surface area contributed by atoms with Crippen molar-refractivity contribution in [2.24, 2.45) is 11.3 Å². The van der Waals surface area contributed by atoms with E-state index in [2.05, 4.69) is 25.8 Å². The van der Waals surface area contributed by atoms with Crippen LogP contribution in [0.5, 0.6) is 0 Å². The van der Waals surface area contributed by atoms with Gasteiger partial charge in [0.25, 0.3) is 0 Å². The van der Waals surface area contributed by atoms with Crippen molar-refractivity contribution in [3.8, 4) is 0 Å². The molecule has 1 aromatic heterocycles. The monoisotopic (exact) mass is 328 g/mol. The molecule has 1 aliphatic heterocycles. The average molecular weight is 329 g/mol. The Morgan fingerprint density at radius 3 is 2.81 bits per heavy atom. The highest BCUT2D eigenvalue weighted by Gasteiger charge is 2.28. The van der Waals surface area contributed by atoms with Gasteiger partial charge in [-0.2, -0.15) is 0 Å². The number of halogens is 1. The molecule has 0 spiro atoms. The van der Waals surface area contributed by atoms with Gasteiger partial charge in [0.2, 0.25) is 5.91 Å². The van der Waals surface area contributed by atoms with Crippen LogP contribution in [0, 0.1) is 11.3 Å². The highest BCUT2D eigenvalue weighted by molar-refractivity contribution is 7.09. The molecule has 118 valence electrons. The minimum Gasteiger partial charge on any atom is -0.342 e. The Bertz CT molecular complexity index is 481. The van der Waals surface area contributed by atoms with Crippen molar-refractivity contribution in [3.05, 3.63) is 16.1 Å². The minimum atomic E-state index is 0.208. The topological polar surface area (TPSA) is 33.2 Å². The van der Waals surface area contributed by atoms with Gasteiger partial charge in [-0.3, -0.25) is 4.79 Å². The zero-order valence-corrected chi connectivity index (χ0v) is 14.8. The molecule has 21 heavy (non-hydrogen) atoms. The van der Waals surface area contributed by atoms with Crippen molar-refractivity contribution >= 4 is 28.8 Å². The maximum atomic E-state index is 12.4. The first kappa shape index (κ1) is 16.8. The second-order valence-electron chi connectivity index (χ2n) is 6.92. The van der Waals surface area contributed by atoms with Crippen molar-refractivity contribution < 1.29 is 4.79 Å². The van der Waals surface area contributed by atoms with E-state index in [9.17, 15) is 4.79 Å². The van der Waals surface area contributed by atoms with Crippen LogP contribution in [0.15, 0.2) is 5.38 Å². The summed E-state index contributed by atoms with van der Waals surface area (Å²) in [7, 11) is 0. The number of aromatic nitrogens is 1. The van der Waals surface area contributed by atoms with Gasteiger partial charge in [0.05, 0.1) is 18.0 Å². The van der Waals surface area contributed by atoms with Crippen molar-refractivity contribution in [2.45, 2.75) is 52.3 Å². The Balaban J connectivity index is 1.91. The molecule has 0 radical (unpaired) electrons. The van der Waals surface area contributed by atoms with Crippen LogP contribution in [0.4, 0.5) is 0 Å². The molecule has 0 saturated carbocycles. The van der Waals surface area contributed by atoms with Crippen LogP contribution < -0.4 is 0 Å².